The lowest BCUT2D eigenvalue weighted by Crippen LogP contribution is -2.38. The Labute approximate surface area is 170 Å². The van der Waals surface area contributed by atoms with E-state index in [0.717, 1.165) is 30.1 Å². The van der Waals surface area contributed by atoms with Crippen molar-refractivity contribution in [1.82, 2.24) is 24.6 Å². The molecule has 1 saturated heterocycles. The number of carbonyl (C=O) groups is 2. The second-order valence-corrected chi connectivity index (χ2v) is 7.56. The number of amides is 2. The van der Waals surface area contributed by atoms with Crippen molar-refractivity contribution in [2.24, 2.45) is 0 Å². The lowest BCUT2D eigenvalue weighted by molar-refractivity contribution is -0.130. The minimum atomic E-state index is -0.0734. The number of ether oxygens (including phenoxy) is 1. The Morgan fingerprint density at radius 1 is 1.14 bits per heavy atom. The van der Waals surface area contributed by atoms with Crippen LogP contribution in [0.4, 0.5) is 0 Å². The van der Waals surface area contributed by atoms with Crippen molar-refractivity contribution in [2.45, 2.75) is 52.4 Å². The molecule has 1 aromatic carbocycles. The van der Waals surface area contributed by atoms with Gasteiger partial charge in [-0.1, -0.05) is 12.1 Å². The van der Waals surface area contributed by atoms with Gasteiger partial charge in [0.2, 0.25) is 5.91 Å². The predicted molar refractivity (Wildman–Crippen MR) is 106 cm³/mol. The molecule has 1 atom stereocenters. The topological polar surface area (TPSA) is 80.6 Å². The number of hydrogen-bond donors (Lipinski definition) is 0. The molecule has 0 bridgehead atoms. The van der Waals surface area contributed by atoms with E-state index in [0.29, 0.717) is 45.0 Å². The van der Waals surface area contributed by atoms with E-state index >= 15 is 0 Å². The fourth-order valence-electron chi connectivity index (χ4n) is 4.10. The molecule has 1 aromatic heterocycles. The van der Waals surface area contributed by atoms with E-state index in [4.69, 9.17) is 4.74 Å². The first kappa shape index (κ1) is 19.6. The molecule has 3 heterocycles. The summed E-state index contributed by atoms with van der Waals surface area (Å²) in [5.74, 6) is 1.70. The first-order valence-corrected chi connectivity index (χ1v) is 10.2. The van der Waals surface area contributed by atoms with Gasteiger partial charge in [0, 0.05) is 38.7 Å². The highest BCUT2D eigenvalue weighted by Gasteiger charge is 2.35. The number of likely N-dealkylation sites (tertiary alicyclic amines) is 1. The number of rotatable bonds is 5. The fraction of sp³-hybridized carbons (Fsp3) is 0.524. The second kappa shape index (κ2) is 8.32. The van der Waals surface area contributed by atoms with Gasteiger partial charge in [-0.2, -0.15) is 0 Å². The van der Waals surface area contributed by atoms with Gasteiger partial charge in [0.25, 0.3) is 5.91 Å². The largest absolute Gasteiger partial charge is 0.377 e. The van der Waals surface area contributed by atoms with Gasteiger partial charge in [-0.15, -0.1) is 10.2 Å². The standard InChI is InChI=1S/C21H27N5O3/c1-3-29-14-16-6-8-17(9-7-16)21(28)25-10-4-5-18(25)20-23-22-19-13-24(15(2)27)11-12-26(19)20/h6-9,18H,3-5,10-14H2,1-2H3/t18-/m0/s1. The minimum Gasteiger partial charge on any atom is -0.377 e. The molecule has 4 rings (SSSR count). The maximum absolute atomic E-state index is 13.2. The van der Waals surface area contributed by atoms with Crippen molar-refractivity contribution in [2.75, 3.05) is 19.7 Å². The summed E-state index contributed by atoms with van der Waals surface area (Å²) < 4.78 is 7.51. The Balaban J connectivity index is 1.51. The molecule has 29 heavy (non-hydrogen) atoms. The molecule has 0 spiro atoms. The summed E-state index contributed by atoms with van der Waals surface area (Å²) in [5.41, 5.74) is 1.74. The molecular weight excluding hydrogens is 370 g/mol. The van der Waals surface area contributed by atoms with Crippen LogP contribution in [0, 0.1) is 0 Å². The van der Waals surface area contributed by atoms with Crippen LogP contribution in [-0.2, 0) is 29.2 Å². The van der Waals surface area contributed by atoms with Gasteiger partial charge in [0.05, 0.1) is 19.2 Å². The van der Waals surface area contributed by atoms with E-state index in [2.05, 4.69) is 14.8 Å². The van der Waals surface area contributed by atoms with Crippen molar-refractivity contribution in [3.8, 4) is 0 Å². The summed E-state index contributed by atoms with van der Waals surface area (Å²) in [4.78, 5) is 28.5. The van der Waals surface area contributed by atoms with E-state index in [1.54, 1.807) is 11.8 Å². The molecule has 2 aliphatic heterocycles. The molecule has 2 aromatic rings. The summed E-state index contributed by atoms with van der Waals surface area (Å²) in [5, 5.41) is 8.72. The molecule has 0 saturated carbocycles. The van der Waals surface area contributed by atoms with E-state index < -0.39 is 0 Å². The maximum Gasteiger partial charge on any atom is 0.254 e. The number of fused-ring (bicyclic) bond motifs is 1. The summed E-state index contributed by atoms with van der Waals surface area (Å²) in [6, 6.07) is 7.56. The SMILES string of the molecule is CCOCc1ccc(C(=O)N2CCC[C@H]2c2nnc3n2CCN(C(C)=O)C3)cc1. The predicted octanol–water partition coefficient (Wildman–Crippen LogP) is 2.15. The monoisotopic (exact) mass is 397 g/mol. The number of benzene rings is 1. The molecule has 8 heteroatoms. The first-order chi connectivity index (χ1) is 14.1. The number of carbonyl (C=O) groups excluding carboxylic acids is 2. The first-order valence-electron chi connectivity index (χ1n) is 10.2. The van der Waals surface area contributed by atoms with Gasteiger partial charge < -0.3 is 19.1 Å². The van der Waals surface area contributed by atoms with Gasteiger partial charge in [-0.05, 0) is 37.5 Å². The Kier molecular flexibility index (Phi) is 5.62. The van der Waals surface area contributed by atoms with E-state index in [9.17, 15) is 9.59 Å². The second-order valence-electron chi connectivity index (χ2n) is 7.56. The maximum atomic E-state index is 13.2. The highest BCUT2D eigenvalue weighted by Crippen LogP contribution is 2.33. The molecule has 0 unspecified atom stereocenters. The Hall–Kier alpha value is -2.74. The van der Waals surface area contributed by atoms with Crippen LogP contribution in [0.25, 0.3) is 0 Å². The van der Waals surface area contributed by atoms with Crippen LogP contribution in [0.5, 0.6) is 0 Å². The normalized spacial score (nSPS) is 18.8. The Morgan fingerprint density at radius 2 is 1.93 bits per heavy atom. The van der Waals surface area contributed by atoms with E-state index in [-0.39, 0.29) is 17.9 Å². The summed E-state index contributed by atoms with van der Waals surface area (Å²) in [6.07, 6.45) is 1.82. The summed E-state index contributed by atoms with van der Waals surface area (Å²) in [7, 11) is 0. The van der Waals surface area contributed by atoms with Gasteiger partial charge >= 0.3 is 0 Å². The van der Waals surface area contributed by atoms with E-state index in [1.807, 2.05) is 36.1 Å². The highest BCUT2D eigenvalue weighted by atomic mass is 16.5. The molecule has 8 nitrogen and oxygen atoms in total. The van der Waals surface area contributed by atoms with Crippen LogP contribution >= 0.6 is 0 Å². The molecule has 0 radical (unpaired) electrons. The van der Waals surface area contributed by atoms with Crippen molar-refractivity contribution < 1.29 is 14.3 Å². The van der Waals surface area contributed by atoms with Crippen LogP contribution in [-0.4, -0.2) is 56.1 Å². The number of aromatic nitrogens is 3. The summed E-state index contributed by atoms with van der Waals surface area (Å²) >= 11 is 0. The zero-order valence-corrected chi connectivity index (χ0v) is 17.0. The summed E-state index contributed by atoms with van der Waals surface area (Å²) in [6.45, 7) is 7.27. The van der Waals surface area contributed by atoms with Crippen LogP contribution < -0.4 is 0 Å². The fourth-order valence-corrected chi connectivity index (χ4v) is 4.10. The third kappa shape index (κ3) is 3.89. The molecule has 0 aliphatic carbocycles. The van der Waals surface area contributed by atoms with Gasteiger partial charge in [0.15, 0.2) is 11.6 Å². The zero-order chi connectivity index (χ0) is 20.4. The number of hydrogen-bond acceptors (Lipinski definition) is 5. The number of nitrogens with zero attached hydrogens (tertiary/aromatic N) is 5. The van der Waals surface area contributed by atoms with Gasteiger partial charge in [-0.3, -0.25) is 9.59 Å². The third-order valence-electron chi connectivity index (χ3n) is 5.71. The van der Waals surface area contributed by atoms with Crippen molar-refractivity contribution >= 4 is 11.8 Å². The quantitative estimate of drug-likeness (QED) is 0.772. The zero-order valence-electron chi connectivity index (χ0n) is 17.0. The van der Waals surface area contributed by atoms with Gasteiger partial charge in [-0.25, -0.2) is 0 Å². The van der Waals surface area contributed by atoms with Gasteiger partial charge in [0.1, 0.15) is 0 Å². The lowest BCUT2D eigenvalue weighted by Gasteiger charge is -2.29. The van der Waals surface area contributed by atoms with Crippen LogP contribution in [0.2, 0.25) is 0 Å². The van der Waals surface area contributed by atoms with Crippen molar-refractivity contribution in [1.29, 1.82) is 0 Å². The van der Waals surface area contributed by atoms with E-state index in [1.165, 1.54) is 0 Å². The molecular formula is C21H27N5O3. The van der Waals surface area contributed by atoms with Crippen molar-refractivity contribution in [3.63, 3.8) is 0 Å². The lowest BCUT2D eigenvalue weighted by atomic mass is 10.1. The Bertz CT molecular complexity index is 892. The highest BCUT2D eigenvalue weighted by molar-refractivity contribution is 5.94. The average Bonchev–Trinajstić information content (AvgIpc) is 3.38. The van der Waals surface area contributed by atoms with Crippen LogP contribution in [0.15, 0.2) is 24.3 Å². The molecule has 2 aliphatic rings. The average molecular weight is 397 g/mol. The van der Waals surface area contributed by atoms with Crippen molar-refractivity contribution in [3.05, 3.63) is 47.0 Å². The minimum absolute atomic E-state index is 0.0222. The molecule has 1 fully saturated rings. The van der Waals surface area contributed by atoms with Crippen LogP contribution in [0.3, 0.4) is 0 Å². The molecule has 154 valence electrons. The van der Waals surface area contributed by atoms with Crippen LogP contribution in [0.1, 0.15) is 60.3 Å². The molecule has 2 amide bonds. The smallest absolute Gasteiger partial charge is 0.254 e. The third-order valence-corrected chi connectivity index (χ3v) is 5.71. The molecule has 0 N–H and O–H groups in total. The Morgan fingerprint density at radius 3 is 2.66 bits per heavy atom.